The summed E-state index contributed by atoms with van der Waals surface area (Å²) in [6, 6.07) is 37.0. The summed E-state index contributed by atoms with van der Waals surface area (Å²) in [7, 11) is 0. The van der Waals surface area contributed by atoms with Gasteiger partial charge in [0.1, 0.15) is 0 Å². The molecule has 0 heteroatoms. The Labute approximate surface area is 254 Å². The lowest BCUT2D eigenvalue weighted by Crippen LogP contribution is -2.01. The molecule has 2 aliphatic rings. The zero-order valence-corrected chi connectivity index (χ0v) is 24.1. The first kappa shape index (κ1) is 26.4. The molecule has 2 aliphatic carbocycles. The van der Waals surface area contributed by atoms with Gasteiger partial charge in [-0.3, -0.25) is 0 Å². The Balaban J connectivity index is 1.59. The van der Waals surface area contributed by atoms with E-state index in [0.717, 1.165) is 28.7 Å². The topological polar surface area (TPSA) is 0 Å². The number of hydrogen-bond acceptors (Lipinski definition) is 0. The highest BCUT2D eigenvalue weighted by atomic mass is 14.3. The summed E-state index contributed by atoms with van der Waals surface area (Å²) in [5.74, 6) is 0. The van der Waals surface area contributed by atoms with E-state index in [2.05, 4.69) is 159 Å². The number of hydrogen-bond donors (Lipinski definition) is 0. The molecule has 5 aromatic rings. The Hall–Kier alpha value is -5.46. The molecule has 2 bridgehead atoms. The smallest absolute Gasteiger partial charge is 0.00196 e. The van der Waals surface area contributed by atoms with Crippen LogP contribution in [0.1, 0.15) is 23.1 Å². The van der Waals surface area contributed by atoms with Crippen molar-refractivity contribution in [3.05, 3.63) is 187 Å². The highest BCUT2D eigenvalue weighted by Crippen LogP contribution is 2.47. The van der Waals surface area contributed by atoms with Gasteiger partial charge in [0, 0.05) is 0 Å². The van der Waals surface area contributed by atoms with Crippen LogP contribution in [0.4, 0.5) is 0 Å². The molecule has 0 aromatic heterocycles. The van der Waals surface area contributed by atoms with Crippen molar-refractivity contribution in [2.75, 3.05) is 0 Å². The Morgan fingerprint density at radius 2 is 1.12 bits per heavy atom. The molecule has 0 amide bonds. The maximum absolute atomic E-state index is 4.37. The van der Waals surface area contributed by atoms with Gasteiger partial charge in [-0.15, -0.1) is 0 Å². The molecule has 0 atom stereocenters. The SMILES string of the molecule is C=Cc1c(-c2ccccc2)cc(C2=CC=CC3=CC=CC=C2C3)c(-c2ccc(-c3ccccc3)c3ccccc23)c1C=C. The lowest BCUT2D eigenvalue weighted by molar-refractivity contribution is 1.23. The van der Waals surface area contributed by atoms with Crippen LogP contribution >= 0.6 is 0 Å². The molecule has 204 valence electrons. The highest BCUT2D eigenvalue weighted by Gasteiger charge is 2.24. The van der Waals surface area contributed by atoms with Crippen molar-refractivity contribution in [1.29, 1.82) is 0 Å². The van der Waals surface area contributed by atoms with Crippen LogP contribution in [0.15, 0.2) is 170 Å². The molecule has 7 rings (SSSR count). The van der Waals surface area contributed by atoms with E-state index in [1.54, 1.807) is 0 Å². The van der Waals surface area contributed by atoms with Crippen molar-refractivity contribution in [3.63, 3.8) is 0 Å². The Kier molecular flexibility index (Phi) is 7.03. The van der Waals surface area contributed by atoms with Gasteiger partial charge < -0.3 is 0 Å². The zero-order valence-electron chi connectivity index (χ0n) is 24.1. The fourth-order valence-electron chi connectivity index (χ4n) is 6.52. The lowest BCUT2D eigenvalue weighted by atomic mass is 9.79. The monoisotopic (exact) mass is 548 g/mol. The van der Waals surface area contributed by atoms with E-state index in [1.165, 1.54) is 55.3 Å². The molecule has 43 heavy (non-hydrogen) atoms. The molecule has 0 saturated heterocycles. The van der Waals surface area contributed by atoms with E-state index in [1.807, 2.05) is 12.2 Å². The van der Waals surface area contributed by atoms with Gasteiger partial charge in [0.2, 0.25) is 0 Å². The van der Waals surface area contributed by atoms with Crippen molar-refractivity contribution in [2.24, 2.45) is 0 Å². The molecular weight excluding hydrogens is 516 g/mol. The van der Waals surface area contributed by atoms with Crippen molar-refractivity contribution < 1.29 is 0 Å². The van der Waals surface area contributed by atoms with E-state index < -0.39 is 0 Å². The number of benzene rings is 5. The molecule has 0 unspecified atom stereocenters. The van der Waals surface area contributed by atoms with E-state index in [0.29, 0.717) is 0 Å². The van der Waals surface area contributed by atoms with Gasteiger partial charge in [-0.1, -0.05) is 165 Å². The van der Waals surface area contributed by atoms with Crippen LogP contribution in [0, 0.1) is 0 Å². The van der Waals surface area contributed by atoms with Gasteiger partial charge in [0.15, 0.2) is 0 Å². The molecule has 0 N–H and O–H groups in total. The van der Waals surface area contributed by atoms with Gasteiger partial charge in [0.05, 0.1) is 0 Å². The highest BCUT2D eigenvalue weighted by molar-refractivity contribution is 6.09. The zero-order chi connectivity index (χ0) is 29.2. The van der Waals surface area contributed by atoms with E-state index >= 15 is 0 Å². The predicted molar refractivity (Wildman–Crippen MR) is 187 cm³/mol. The quantitative estimate of drug-likeness (QED) is 0.198. The summed E-state index contributed by atoms with van der Waals surface area (Å²) in [6.45, 7) is 8.67. The van der Waals surface area contributed by atoms with Crippen molar-refractivity contribution in [1.82, 2.24) is 0 Å². The second kappa shape index (κ2) is 11.4. The normalized spacial score (nSPS) is 13.9. The van der Waals surface area contributed by atoms with E-state index in [4.69, 9.17) is 0 Å². The van der Waals surface area contributed by atoms with Gasteiger partial charge in [-0.05, 0) is 90.1 Å². The van der Waals surface area contributed by atoms with Gasteiger partial charge in [0.25, 0.3) is 0 Å². The minimum atomic E-state index is 0.885. The molecule has 0 spiro atoms. The van der Waals surface area contributed by atoms with Gasteiger partial charge in [-0.2, -0.15) is 0 Å². The van der Waals surface area contributed by atoms with Gasteiger partial charge in [-0.25, -0.2) is 0 Å². The Morgan fingerprint density at radius 1 is 0.512 bits per heavy atom. The summed E-state index contributed by atoms with van der Waals surface area (Å²) >= 11 is 0. The fourth-order valence-corrected chi connectivity index (χ4v) is 6.52. The Morgan fingerprint density at radius 3 is 1.81 bits per heavy atom. The standard InChI is InChI=1S/C43H32/c1-3-34-35(4-2)43(40-27-26-37(31-18-7-5-8-19-31)38-23-13-14-24-39(38)40)42(29-41(34)32-20-9-6-10-21-32)36-25-15-17-30-16-11-12-22-33(36)28-30/h3-27,29H,1-2,28H2. The molecule has 0 aliphatic heterocycles. The summed E-state index contributed by atoms with van der Waals surface area (Å²) < 4.78 is 0. The van der Waals surface area contributed by atoms with Crippen molar-refractivity contribution in [3.8, 4) is 33.4 Å². The number of rotatable bonds is 6. The molecule has 0 saturated carbocycles. The minimum absolute atomic E-state index is 0.885. The summed E-state index contributed by atoms with van der Waals surface area (Å²) in [5, 5.41) is 2.45. The van der Waals surface area contributed by atoms with Crippen LogP contribution in [0.2, 0.25) is 0 Å². The number of allylic oxidation sites excluding steroid dienone is 10. The first-order chi connectivity index (χ1) is 21.3. The second-order valence-electron chi connectivity index (χ2n) is 11.0. The maximum atomic E-state index is 4.37. The fraction of sp³-hybridized carbons (Fsp3) is 0.0233. The molecule has 0 radical (unpaired) electrons. The molecule has 0 fully saturated rings. The van der Waals surface area contributed by atoms with Crippen LogP contribution in [-0.2, 0) is 0 Å². The predicted octanol–water partition coefficient (Wildman–Crippen LogP) is 11.9. The van der Waals surface area contributed by atoms with E-state index in [9.17, 15) is 0 Å². The van der Waals surface area contributed by atoms with Crippen LogP contribution < -0.4 is 0 Å². The minimum Gasteiger partial charge on any atom is -0.0984 e. The third-order valence-electron chi connectivity index (χ3n) is 8.50. The molecule has 0 heterocycles. The van der Waals surface area contributed by atoms with Crippen molar-refractivity contribution in [2.45, 2.75) is 6.42 Å². The van der Waals surface area contributed by atoms with Crippen molar-refractivity contribution >= 4 is 28.5 Å². The second-order valence-corrected chi connectivity index (χ2v) is 11.0. The molecule has 0 nitrogen and oxygen atoms in total. The summed E-state index contributed by atoms with van der Waals surface area (Å²) in [4.78, 5) is 0. The molecular formula is C43H32. The first-order valence-corrected chi connectivity index (χ1v) is 14.8. The third-order valence-corrected chi connectivity index (χ3v) is 8.50. The first-order valence-electron chi connectivity index (χ1n) is 14.8. The average Bonchev–Trinajstić information content (AvgIpc) is 3.44. The maximum Gasteiger partial charge on any atom is -0.00196 e. The largest absolute Gasteiger partial charge is 0.0984 e. The van der Waals surface area contributed by atoms with Crippen LogP contribution in [0.25, 0.3) is 61.9 Å². The third kappa shape index (κ3) is 4.78. The Bertz CT molecular complexity index is 2040. The molecule has 5 aromatic carbocycles. The number of fused-ring (bicyclic) bond motifs is 3. The lowest BCUT2D eigenvalue weighted by Gasteiger charge is -2.24. The summed E-state index contributed by atoms with van der Waals surface area (Å²) in [5.41, 5.74) is 14.4. The average molecular weight is 549 g/mol. The van der Waals surface area contributed by atoms with E-state index in [-0.39, 0.29) is 0 Å². The van der Waals surface area contributed by atoms with Crippen LogP contribution in [0.3, 0.4) is 0 Å². The van der Waals surface area contributed by atoms with Crippen LogP contribution in [0.5, 0.6) is 0 Å². The van der Waals surface area contributed by atoms with Gasteiger partial charge >= 0.3 is 0 Å². The van der Waals surface area contributed by atoms with Crippen LogP contribution in [-0.4, -0.2) is 0 Å². The summed E-state index contributed by atoms with van der Waals surface area (Å²) in [6.07, 6.45) is 20.4.